The maximum absolute atomic E-state index is 9.42. The van der Waals surface area contributed by atoms with Gasteiger partial charge in [0.05, 0.1) is 6.61 Å². The molecule has 1 aromatic carbocycles. The van der Waals surface area contributed by atoms with Gasteiger partial charge in [-0.15, -0.1) is 0 Å². The van der Waals surface area contributed by atoms with Crippen LogP contribution in [0, 0.1) is 6.92 Å². The average Bonchev–Trinajstić information content (AvgIpc) is 2.42. The number of hydrogen-bond acceptors (Lipinski definition) is 3. The van der Waals surface area contributed by atoms with Crippen LogP contribution >= 0.6 is 0 Å². The monoisotopic (exact) mass is 250 g/mol. The number of hydrogen-bond donors (Lipinski definition) is 2. The molecule has 0 saturated carbocycles. The van der Waals surface area contributed by atoms with E-state index < -0.39 is 0 Å². The lowest BCUT2D eigenvalue weighted by molar-refractivity contribution is 0.281. The highest BCUT2D eigenvalue weighted by Crippen LogP contribution is 2.24. The molecule has 1 aliphatic rings. The Morgan fingerprint density at radius 1 is 1.39 bits per heavy atom. The summed E-state index contributed by atoms with van der Waals surface area (Å²) in [6.07, 6.45) is 0. The van der Waals surface area contributed by atoms with Gasteiger partial charge in [0.25, 0.3) is 0 Å². The van der Waals surface area contributed by atoms with Crippen LogP contribution in [-0.4, -0.2) is 30.8 Å². The molecule has 1 saturated heterocycles. The topological polar surface area (TPSA) is 35.5 Å². The van der Waals surface area contributed by atoms with Gasteiger partial charge in [0.2, 0.25) is 0 Å². The number of rotatable bonds is 2. The van der Waals surface area contributed by atoms with E-state index in [0.29, 0.717) is 6.04 Å². The first-order chi connectivity index (χ1) is 8.72. The predicted octanol–water partition coefficient (Wildman–Crippen LogP) is 2.31. The quantitative estimate of drug-likeness (QED) is 0.845. The van der Waals surface area contributed by atoms with E-state index in [9.17, 15) is 5.11 Å². The number of nitrogens with one attached hydrogen (secondary N) is 1. The van der Waals surface area contributed by atoms with Crippen LogP contribution in [0.5, 0.6) is 0 Å². The normalized spacial score (nSPS) is 19.2. The molecular formula is C15H26N2O. The van der Waals surface area contributed by atoms with Gasteiger partial charge in [-0.3, -0.25) is 0 Å². The Kier molecular flexibility index (Phi) is 6.16. The molecule has 2 rings (SSSR count). The molecule has 1 fully saturated rings. The first kappa shape index (κ1) is 15.0. The summed E-state index contributed by atoms with van der Waals surface area (Å²) in [6.45, 7) is 11.4. The van der Waals surface area contributed by atoms with Gasteiger partial charge in [-0.25, -0.2) is 0 Å². The molecule has 1 unspecified atom stereocenters. The first-order valence-electron chi connectivity index (χ1n) is 6.90. The zero-order chi connectivity index (χ0) is 13.5. The molecule has 1 aliphatic heterocycles. The second-order valence-corrected chi connectivity index (χ2v) is 4.54. The molecule has 0 aromatic heterocycles. The van der Waals surface area contributed by atoms with Gasteiger partial charge >= 0.3 is 0 Å². The van der Waals surface area contributed by atoms with Crippen LogP contribution in [0.15, 0.2) is 18.2 Å². The summed E-state index contributed by atoms with van der Waals surface area (Å²) in [5, 5.41) is 12.8. The minimum Gasteiger partial charge on any atom is -0.392 e. The molecule has 0 amide bonds. The van der Waals surface area contributed by atoms with E-state index in [1.807, 2.05) is 13.8 Å². The molecule has 1 aromatic rings. The summed E-state index contributed by atoms with van der Waals surface area (Å²) in [7, 11) is 0. The number of nitrogens with zero attached hydrogens (tertiary/aromatic N) is 1. The highest BCUT2D eigenvalue weighted by Gasteiger charge is 2.20. The largest absolute Gasteiger partial charge is 0.392 e. The molecule has 1 heterocycles. The Balaban J connectivity index is 0.000000771. The van der Waals surface area contributed by atoms with E-state index in [1.54, 1.807) is 0 Å². The average molecular weight is 250 g/mol. The van der Waals surface area contributed by atoms with Crippen molar-refractivity contribution in [3.05, 3.63) is 29.3 Å². The van der Waals surface area contributed by atoms with Crippen LogP contribution in [0.3, 0.4) is 0 Å². The van der Waals surface area contributed by atoms with Crippen molar-refractivity contribution in [3.63, 3.8) is 0 Å². The fraction of sp³-hybridized carbons (Fsp3) is 0.600. The van der Waals surface area contributed by atoms with E-state index in [4.69, 9.17) is 0 Å². The second-order valence-electron chi connectivity index (χ2n) is 4.54. The van der Waals surface area contributed by atoms with Crippen LogP contribution in [0.2, 0.25) is 0 Å². The zero-order valence-corrected chi connectivity index (χ0v) is 12.0. The molecule has 2 N–H and O–H groups in total. The Morgan fingerprint density at radius 3 is 2.72 bits per heavy atom. The summed E-state index contributed by atoms with van der Waals surface area (Å²) >= 11 is 0. The summed E-state index contributed by atoms with van der Waals surface area (Å²) in [5.74, 6) is 0. The number of anilines is 1. The number of aliphatic hydroxyl groups is 1. The molecule has 0 spiro atoms. The summed E-state index contributed by atoms with van der Waals surface area (Å²) in [5.41, 5.74) is 3.42. The third-order valence-corrected chi connectivity index (χ3v) is 3.22. The Hall–Kier alpha value is -1.06. The maximum Gasteiger partial charge on any atom is 0.0702 e. The lowest BCUT2D eigenvalue weighted by Gasteiger charge is -2.37. The van der Waals surface area contributed by atoms with E-state index in [0.717, 1.165) is 25.2 Å². The smallest absolute Gasteiger partial charge is 0.0702 e. The van der Waals surface area contributed by atoms with Crippen molar-refractivity contribution in [3.8, 4) is 0 Å². The zero-order valence-electron chi connectivity index (χ0n) is 12.0. The SMILES string of the molecule is CC.Cc1ccc(N2CCNCC2C)c(CO)c1. The fourth-order valence-electron chi connectivity index (χ4n) is 2.32. The number of benzene rings is 1. The molecule has 0 bridgehead atoms. The number of piperazine rings is 1. The Morgan fingerprint density at radius 2 is 2.11 bits per heavy atom. The van der Waals surface area contributed by atoms with Crippen LogP contribution in [0.1, 0.15) is 31.9 Å². The predicted molar refractivity (Wildman–Crippen MR) is 78.1 cm³/mol. The molecule has 1 atom stereocenters. The van der Waals surface area contributed by atoms with Crippen molar-refractivity contribution in [1.29, 1.82) is 0 Å². The second kappa shape index (κ2) is 7.39. The Bertz CT molecular complexity index is 366. The van der Waals surface area contributed by atoms with Crippen LogP contribution in [0.25, 0.3) is 0 Å². The van der Waals surface area contributed by atoms with E-state index in [2.05, 4.69) is 42.3 Å². The van der Waals surface area contributed by atoms with Gasteiger partial charge in [-0.05, 0) is 19.9 Å². The summed E-state index contributed by atoms with van der Waals surface area (Å²) in [4.78, 5) is 2.38. The minimum atomic E-state index is 0.119. The summed E-state index contributed by atoms with van der Waals surface area (Å²) < 4.78 is 0. The fourth-order valence-corrected chi connectivity index (χ4v) is 2.32. The van der Waals surface area contributed by atoms with E-state index >= 15 is 0 Å². The van der Waals surface area contributed by atoms with Crippen LogP contribution in [0.4, 0.5) is 5.69 Å². The molecule has 18 heavy (non-hydrogen) atoms. The standard InChI is InChI=1S/C13H20N2O.C2H6/c1-10-3-4-13(12(7-10)9-16)15-6-5-14-8-11(15)2;1-2/h3-4,7,11,14,16H,5-6,8-9H2,1-2H3;1-2H3. The Labute approximate surface area is 111 Å². The van der Waals surface area contributed by atoms with Gasteiger partial charge in [-0.2, -0.15) is 0 Å². The molecule has 0 radical (unpaired) electrons. The van der Waals surface area contributed by atoms with Crippen molar-refractivity contribution in [1.82, 2.24) is 5.32 Å². The highest BCUT2D eigenvalue weighted by molar-refractivity contribution is 5.55. The lowest BCUT2D eigenvalue weighted by Crippen LogP contribution is -2.50. The third kappa shape index (κ3) is 3.47. The summed E-state index contributed by atoms with van der Waals surface area (Å²) in [6, 6.07) is 6.80. The molecule has 102 valence electrons. The van der Waals surface area contributed by atoms with Gasteiger partial charge in [-0.1, -0.05) is 31.5 Å². The van der Waals surface area contributed by atoms with Crippen molar-refractivity contribution < 1.29 is 5.11 Å². The van der Waals surface area contributed by atoms with E-state index in [1.165, 1.54) is 11.3 Å². The number of aryl methyl sites for hydroxylation is 1. The van der Waals surface area contributed by atoms with Crippen LogP contribution < -0.4 is 10.2 Å². The van der Waals surface area contributed by atoms with Gasteiger partial charge in [0, 0.05) is 36.9 Å². The number of aliphatic hydroxyl groups excluding tert-OH is 1. The third-order valence-electron chi connectivity index (χ3n) is 3.22. The maximum atomic E-state index is 9.42. The molecule has 3 nitrogen and oxygen atoms in total. The van der Waals surface area contributed by atoms with Gasteiger partial charge < -0.3 is 15.3 Å². The van der Waals surface area contributed by atoms with Crippen molar-refractivity contribution in [2.45, 2.75) is 40.3 Å². The van der Waals surface area contributed by atoms with E-state index in [-0.39, 0.29) is 6.61 Å². The van der Waals surface area contributed by atoms with Crippen molar-refractivity contribution in [2.24, 2.45) is 0 Å². The van der Waals surface area contributed by atoms with Crippen LogP contribution in [-0.2, 0) is 6.61 Å². The van der Waals surface area contributed by atoms with Crippen molar-refractivity contribution >= 4 is 5.69 Å². The molecule has 3 heteroatoms. The highest BCUT2D eigenvalue weighted by atomic mass is 16.3. The van der Waals surface area contributed by atoms with Crippen molar-refractivity contribution in [2.75, 3.05) is 24.5 Å². The lowest BCUT2D eigenvalue weighted by atomic mass is 10.1. The molecular weight excluding hydrogens is 224 g/mol. The minimum absolute atomic E-state index is 0.119. The molecule has 0 aliphatic carbocycles. The van der Waals surface area contributed by atoms with Gasteiger partial charge in [0.15, 0.2) is 0 Å². The first-order valence-corrected chi connectivity index (χ1v) is 6.90. The van der Waals surface area contributed by atoms with Gasteiger partial charge in [0.1, 0.15) is 0 Å².